The third-order valence-corrected chi connectivity index (χ3v) is 3.57. The van der Waals surface area contributed by atoms with Crippen LogP contribution in [0.1, 0.15) is 29.1 Å². The Morgan fingerprint density at radius 2 is 2.33 bits per heavy atom. The van der Waals surface area contributed by atoms with Crippen molar-refractivity contribution in [2.24, 2.45) is 0 Å². The number of hydrogen-bond donors (Lipinski definition) is 0. The molecule has 0 unspecified atom stereocenters. The molecule has 1 aliphatic rings. The summed E-state index contributed by atoms with van der Waals surface area (Å²) in [7, 11) is 1.32. The van der Waals surface area contributed by atoms with Gasteiger partial charge < -0.3 is 9.47 Å². The number of carbonyl (C=O) groups is 2. The Kier molecular flexibility index (Phi) is 3.85. The van der Waals surface area contributed by atoms with Crippen LogP contribution in [0.3, 0.4) is 0 Å². The molecule has 7 nitrogen and oxygen atoms in total. The standard InChI is InChI=1S/C10H13N3O4S/c1-3-17-10(15)8-6-4-18-5-7(9(14)16-2)13(6)12-11-8/h7H,3-5H2,1-2H3/t7-/m1/s1. The number of hydrogen-bond acceptors (Lipinski definition) is 7. The zero-order chi connectivity index (χ0) is 13.1. The molecule has 0 saturated carbocycles. The third-order valence-electron chi connectivity index (χ3n) is 2.54. The van der Waals surface area contributed by atoms with Gasteiger partial charge in [0.2, 0.25) is 0 Å². The van der Waals surface area contributed by atoms with Crippen molar-refractivity contribution < 1.29 is 19.1 Å². The van der Waals surface area contributed by atoms with E-state index >= 15 is 0 Å². The average molecular weight is 271 g/mol. The van der Waals surface area contributed by atoms with Gasteiger partial charge in [0.25, 0.3) is 0 Å². The maximum Gasteiger partial charge on any atom is 0.360 e. The van der Waals surface area contributed by atoms with Crippen molar-refractivity contribution in [3.63, 3.8) is 0 Å². The molecule has 0 spiro atoms. The lowest BCUT2D eigenvalue weighted by molar-refractivity contribution is -0.144. The zero-order valence-corrected chi connectivity index (χ0v) is 10.9. The Bertz CT molecular complexity index is 474. The second kappa shape index (κ2) is 5.38. The predicted octanol–water partition coefficient (Wildman–Crippen LogP) is 0.416. The molecule has 1 aliphatic heterocycles. The van der Waals surface area contributed by atoms with Crippen LogP contribution in [0.5, 0.6) is 0 Å². The summed E-state index contributed by atoms with van der Waals surface area (Å²) in [5.74, 6) is 0.244. The summed E-state index contributed by atoms with van der Waals surface area (Å²) in [4.78, 5) is 23.3. The fourth-order valence-corrected chi connectivity index (χ4v) is 2.78. The van der Waals surface area contributed by atoms with Crippen LogP contribution in [-0.4, -0.2) is 46.4 Å². The fraction of sp³-hybridized carbons (Fsp3) is 0.600. The van der Waals surface area contributed by atoms with Gasteiger partial charge in [-0.05, 0) is 6.92 Å². The zero-order valence-electron chi connectivity index (χ0n) is 10.1. The first-order valence-electron chi connectivity index (χ1n) is 5.45. The van der Waals surface area contributed by atoms with Gasteiger partial charge in [-0.3, -0.25) is 0 Å². The minimum absolute atomic E-state index is 0.179. The quantitative estimate of drug-likeness (QED) is 0.736. The summed E-state index contributed by atoms with van der Waals surface area (Å²) in [5.41, 5.74) is 0.790. The lowest BCUT2D eigenvalue weighted by atomic mass is 10.3. The first-order chi connectivity index (χ1) is 8.69. The number of esters is 2. The number of carbonyl (C=O) groups excluding carboxylic acids is 2. The van der Waals surface area contributed by atoms with Crippen LogP contribution in [0.4, 0.5) is 0 Å². The monoisotopic (exact) mass is 271 g/mol. The number of nitrogens with zero attached hydrogens (tertiary/aromatic N) is 3. The highest BCUT2D eigenvalue weighted by Crippen LogP contribution is 2.28. The normalized spacial score (nSPS) is 18.0. The van der Waals surface area contributed by atoms with Crippen LogP contribution in [0, 0.1) is 0 Å². The summed E-state index contributed by atoms with van der Waals surface area (Å²) >= 11 is 1.53. The molecule has 98 valence electrons. The first-order valence-corrected chi connectivity index (χ1v) is 6.61. The van der Waals surface area contributed by atoms with Gasteiger partial charge in [-0.15, -0.1) is 5.10 Å². The molecular formula is C10H13N3O4S. The Morgan fingerprint density at radius 1 is 1.56 bits per heavy atom. The molecule has 2 rings (SSSR count). The second-order valence-corrected chi connectivity index (χ2v) is 4.63. The van der Waals surface area contributed by atoms with Gasteiger partial charge in [-0.1, -0.05) is 5.21 Å². The van der Waals surface area contributed by atoms with E-state index in [4.69, 9.17) is 9.47 Å². The smallest absolute Gasteiger partial charge is 0.360 e. The van der Waals surface area contributed by atoms with Crippen molar-refractivity contribution in [1.29, 1.82) is 0 Å². The van der Waals surface area contributed by atoms with Gasteiger partial charge >= 0.3 is 11.9 Å². The summed E-state index contributed by atoms with van der Waals surface area (Å²) in [6, 6.07) is -0.528. The molecule has 1 atom stereocenters. The van der Waals surface area contributed by atoms with Crippen molar-refractivity contribution in [3.8, 4) is 0 Å². The molecule has 8 heteroatoms. The molecule has 0 aromatic carbocycles. The van der Waals surface area contributed by atoms with Gasteiger partial charge in [-0.2, -0.15) is 11.8 Å². The van der Waals surface area contributed by atoms with Crippen molar-refractivity contribution in [3.05, 3.63) is 11.4 Å². The lowest BCUT2D eigenvalue weighted by Crippen LogP contribution is -2.29. The summed E-state index contributed by atoms with van der Waals surface area (Å²) in [6.45, 7) is 2.00. The van der Waals surface area contributed by atoms with Crippen molar-refractivity contribution in [2.75, 3.05) is 19.5 Å². The van der Waals surface area contributed by atoms with Crippen LogP contribution in [0.25, 0.3) is 0 Å². The summed E-state index contributed by atoms with van der Waals surface area (Å²) in [5, 5.41) is 7.66. The van der Waals surface area contributed by atoms with Crippen LogP contribution in [0.15, 0.2) is 0 Å². The highest BCUT2D eigenvalue weighted by atomic mass is 32.2. The number of ether oxygens (including phenoxy) is 2. The van der Waals surface area contributed by atoms with Crippen molar-refractivity contribution >= 4 is 23.7 Å². The molecule has 0 saturated heterocycles. The molecule has 1 aromatic rings. The number of fused-ring (bicyclic) bond motifs is 1. The molecule has 1 aromatic heterocycles. The molecule has 0 N–H and O–H groups in total. The molecule has 2 heterocycles. The average Bonchev–Trinajstić information content (AvgIpc) is 2.81. The minimum Gasteiger partial charge on any atom is -0.467 e. The van der Waals surface area contributed by atoms with E-state index < -0.39 is 12.0 Å². The van der Waals surface area contributed by atoms with E-state index in [9.17, 15) is 9.59 Å². The Hall–Kier alpha value is -1.57. The van der Waals surface area contributed by atoms with E-state index in [1.807, 2.05) is 0 Å². The highest BCUT2D eigenvalue weighted by molar-refractivity contribution is 7.98. The first kappa shape index (κ1) is 12.9. The van der Waals surface area contributed by atoms with Crippen LogP contribution < -0.4 is 0 Å². The molecule has 18 heavy (non-hydrogen) atoms. The number of rotatable bonds is 3. The van der Waals surface area contributed by atoms with E-state index in [2.05, 4.69) is 10.3 Å². The molecule has 0 aliphatic carbocycles. The fourth-order valence-electron chi connectivity index (χ4n) is 1.70. The van der Waals surface area contributed by atoms with Gasteiger partial charge in [-0.25, -0.2) is 14.3 Å². The Balaban J connectivity index is 2.32. The van der Waals surface area contributed by atoms with Gasteiger partial charge in [0.05, 0.1) is 19.4 Å². The summed E-state index contributed by atoms with van der Waals surface area (Å²) in [6.07, 6.45) is 0. The molecular weight excluding hydrogens is 258 g/mol. The van der Waals surface area contributed by atoms with Gasteiger partial charge in [0.15, 0.2) is 11.7 Å². The van der Waals surface area contributed by atoms with Crippen LogP contribution in [0.2, 0.25) is 0 Å². The molecule has 0 fully saturated rings. The van der Waals surface area contributed by atoms with Crippen LogP contribution in [-0.2, 0) is 20.0 Å². The van der Waals surface area contributed by atoms with E-state index in [0.717, 1.165) is 0 Å². The Morgan fingerprint density at radius 3 is 3.00 bits per heavy atom. The lowest BCUT2D eigenvalue weighted by Gasteiger charge is -2.21. The van der Waals surface area contributed by atoms with E-state index in [1.54, 1.807) is 6.92 Å². The van der Waals surface area contributed by atoms with Crippen LogP contribution >= 0.6 is 11.8 Å². The van der Waals surface area contributed by atoms with E-state index in [0.29, 0.717) is 17.2 Å². The van der Waals surface area contributed by atoms with Gasteiger partial charge in [0, 0.05) is 11.5 Å². The van der Waals surface area contributed by atoms with E-state index in [-0.39, 0.29) is 18.3 Å². The second-order valence-electron chi connectivity index (χ2n) is 3.60. The SMILES string of the molecule is CCOC(=O)c1nnn2c1CSC[C@@H]2C(=O)OC. The maximum absolute atomic E-state index is 11.7. The number of aromatic nitrogens is 3. The van der Waals surface area contributed by atoms with Crippen molar-refractivity contribution in [2.45, 2.75) is 18.7 Å². The van der Waals surface area contributed by atoms with Gasteiger partial charge in [0.1, 0.15) is 0 Å². The number of methoxy groups -OCH3 is 1. The maximum atomic E-state index is 11.7. The molecule has 0 amide bonds. The van der Waals surface area contributed by atoms with E-state index in [1.165, 1.54) is 23.6 Å². The molecule has 0 bridgehead atoms. The highest BCUT2D eigenvalue weighted by Gasteiger charge is 2.32. The Labute approximate surface area is 108 Å². The minimum atomic E-state index is -0.528. The number of thioether (sulfide) groups is 1. The molecule has 0 radical (unpaired) electrons. The largest absolute Gasteiger partial charge is 0.467 e. The predicted molar refractivity (Wildman–Crippen MR) is 63.2 cm³/mol. The topological polar surface area (TPSA) is 83.3 Å². The third kappa shape index (κ3) is 2.20. The summed E-state index contributed by atoms with van der Waals surface area (Å²) < 4.78 is 11.1. The van der Waals surface area contributed by atoms with Crippen molar-refractivity contribution in [1.82, 2.24) is 15.0 Å².